The Hall–Kier alpha value is -2.66. The SMILES string of the molecule is C=Cc1cc2c(cc1Nc1ncc(Cl)c(Nc3ccccc3P(C)(C)=O)n1)CN(C)CC2. The first-order valence-electron chi connectivity index (χ1n) is 10.4. The lowest BCUT2D eigenvalue weighted by molar-refractivity contribution is 0.313. The van der Waals surface area contributed by atoms with Gasteiger partial charge in [-0.25, -0.2) is 4.98 Å². The smallest absolute Gasteiger partial charge is 0.229 e. The average molecular weight is 468 g/mol. The summed E-state index contributed by atoms with van der Waals surface area (Å²) in [6, 6.07) is 11.8. The third kappa shape index (κ3) is 4.88. The van der Waals surface area contributed by atoms with Gasteiger partial charge in [0.1, 0.15) is 12.2 Å². The summed E-state index contributed by atoms with van der Waals surface area (Å²) in [6.45, 7) is 9.41. The van der Waals surface area contributed by atoms with Crippen molar-refractivity contribution in [3.63, 3.8) is 0 Å². The van der Waals surface area contributed by atoms with Gasteiger partial charge in [0.2, 0.25) is 5.95 Å². The second-order valence-electron chi connectivity index (χ2n) is 8.41. The van der Waals surface area contributed by atoms with E-state index < -0.39 is 7.14 Å². The van der Waals surface area contributed by atoms with Crippen LogP contribution in [-0.2, 0) is 17.5 Å². The lowest BCUT2D eigenvalue weighted by Gasteiger charge is -2.26. The highest BCUT2D eigenvalue weighted by molar-refractivity contribution is 7.70. The van der Waals surface area contributed by atoms with Gasteiger partial charge in [0, 0.05) is 24.1 Å². The van der Waals surface area contributed by atoms with Gasteiger partial charge in [0.05, 0.1) is 11.9 Å². The first-order valence-corrected chi connectivity index (χ1v) is 13.4. The summed E-state index contributed by atoms with van der Waals surface area (Å²) in [5.41, 5.74) is 5.26. The maximum atomic E-state index is 12.7. The first kappa shape index (κ1) is 22.5. The molecule has 4 rings (SSSR count). The van der Waals surface area contributed by atoms with Gasteiger partial charge in [0.25, 0.3) is 0 Å². The Morgan fingerprint density at radius 1 is 1.16 bits per heavy atom. The molecule has 0 spiro atoms. The van der Waals surface area contributed by atoms with Gasteiger partial charge in [-0.05, 0) is 67.8 Å². The van der Waals surface area contributed by atoms with Gasteiger partial charge in [-0.3, -0.25) is 0 Å². The minimum atomic E-state index is -2.48. The Bertz CT molecular complexity index is 1220. The van der Waals surface area contributed by atoms with Crippen LogP contribution in [0.25, 0.3) is 6.08 Å². The van der Waals surface area contributed by atoms with Gasteiger partial charge >= 0.3 is 0 Å². The molecule has 2 aromatic carbocycles. The molecule has 1 aliphatic heterocycles. The van der Waals surface area contributed by atoms with Crippen LogP contribution in [-0.4, -0.2) is 41.8 Å². The normalized spacial score (nSPS) is 14.0. The number of nitrogens with zero attached hydrogens (tertiary/aromatic N) is 3. The average Bonchev–Trinajstić information content (AvgIpc) is 2.75. The monoisotopic (exact) mass is 467 g/mol. The number of hydrogen-bond acceptors (Lipinski definition) is 6. The molecule has 166 valence electrons. The number of rotatable bonds is 6. The predicted molar refractivity (Wildman–Crippen MR) is 136 cm³/mol. The fourth-order valence-corrected chi connectivity index (χ4v) is 5.15. The van der Waals surface area contributed by atoms with Crippen molar-refractivity contribution in [1.82, 2.24) is 14.9 Å². The Kier molecular flexibility index (Phi) is 6.38. The molecule has 1 aromatic heterocycles. The minimum Gasteiger partial charge on any atom is -0.338 e. The maximum Gasteiger partial charge on any atom is 0.229 e. The van der Waals surface area contributed by atoms with Crippen LogP contribution in [0.1, 0.15) is 16.7 Å². The van der Waals surface area contributed by atoms with Gasteiger partial charge in [-0.15, -0.1) is 0 Å². The van der Waals surface area contributed by atoms with E-state index in [0.29, 0.717) is 16.8 Å². The van der Waals surface area contributed by atoms with Crippen LogP contribution in [0, 0.1) is 0 Å². The van der Waals surface area contributed by atoms with Gasteiger partial charge in [-0.1, -0.05) is 36.4 Å². The van der Waals surface area contributed by atoms with E-state index in [-0.39, 0.29) is 0 Å². The molecule has 0 aliphatic carbocycles. The summed E-state index contributed by atoms with van der Waals surface area (Å²) in [7, 11) is -0.355. The number of nitrogens with one attached hydrogen (secondary N) is 2. The molecular weight excluding hydrogens is 441 g/mol. The van der Waals surface area contributed by atoms with E-state index >= 15 is 0 Å². The van der Waals surface area contributed by atoms with Crippen molar-refractivity contribution in [3.05, 3.63) is 70.9 Å². The van der Waals surface area contributed by atoms with Crippen LogP contribution in [0.2, 0.25) is 5.02 Å². The van der Waals surface area contributed by atoms with Crippen LogP contribution in [0.15, 0.2) is 49.2 Å². The lowest BCUT2D eigenvalue weighted by atomic mass is 9.96. The molecule has 1 aliphatic rings. The molecule has 6 nitrogen and oxygen atoms in total. The predicted octanol–water partition coefficient (Wildman–Crippen LogP) is 5.50. The summed E-state index contributed by atoms with van der Waals surface area (Å²) >= 11 is 6.38. The summed E-state index contributed by atoms with van der Waals surface area (Å²) < 4.78 is 12.7. The molecular formula is C24H27ClN5OP. The lowest BCUT2D eigenvalue weighted by Crippen LogP contribution is -2.26. The number of halogens is 1. The van der Waals surface area contributed by atoms with Crippen molar-refractivity contribution in [2.45, 2.75) is 13.0 Å². The van der Waals surface area contributed by atoms with Crippen molar-refractivity contribution < 1.29 is 4.57 Å². The third-order valence-electron chi connectivity index (χ3n) is 5.52. The highest BCUT2D eigenvalue weighted by Crippen LogP contribution is 2.38. The molecule has 2 N–H and O–H groups in total. The number of benzene rings is 2. The molecule has 2 heterocycles. The van der Waals surface area contributed by atoms with Crippen molar-refractivity contribution in [2.24, 2.45) is 0 Å². The van der Waals surface area contributed by atoms with Crippen LogP contribution in [0.5, 0.6) is 0 Å². The Morgan fingerprint density at radius 3 is 2.69 bits per heavy atom. The highest BCUT2D eigenvalue weighted by Gasteiger charge is 2.18. The highest BCUT2D eigenvalue weighted by atomic mass is 35.5. The Morgan fingerprint density at radius 2 is 1.94 bits per heavy atom. The molecule has 0 amide bonds. The van der Waals surface area contributed by atoms with Gasteiger partial charge in [-0.2, -0.15) is 4.98 Å². The van der Waals surface area contributed by atoms with E-state index in [9.17, 15) is 4.57 Å². The quantitative estimate of drug-likeness (QED) is 0.467. The molecule has 0 atom stereocenters. The van der Waals surface area contributed by atoms with E-state index in [4.69, 9.17) is 11.6 Å². The largest absolute Gasteiger partial charge is 0.338 e. The number of hydrogen-bond donors (Lipinski definition) is 2. The molecule has 0 unspecified atom stereocenters. The number of anilines is 4. The van der Waals surface area contributed by atoms with E-state index in [1.54, 1.807) is 19.5 Å². The van der Waals surface area contributed by atoms with E-state index in [1.165, 1.54) is 11.1 Å². The molecule has 0 saturated carbocycles. The molecule has 8 heteroatoms. The summed E-state index contributed by atoms with van der Waals surface area (Å²) in [6.07, 6.45) is 4.42. The number of para-hydroxylation sites is 1. The van der Waals surface area contributed by atoms with Crippen molar-refractivity contribution in [3.8, 4) is 0 Å². The van der Waals surface area contributed by atoms with Crippen molar-refractivity contribution >= 4 is 53.3 Å². The molecule has 0 saturated heterocycles. The number of likely N-dealkylation sites (N-methyl/N-ethyl adjacent to an activating group) is 1. The van der Waals surface area contributed by atoms with Crippen molar-refractivity contribution in [1.29, 1.82) is 0 Å². The summed E-state index contributed by atoms with van der Waals surface area (Å²) in [4.78, 5) is 11.2. The maximum absolute atomic E-state index is 12.7. The van der Waals surface area contributed by atoms with Crippen LogP contribution in [0.4, 0.5) is 23.1 Å². The van der Waals surface area contributed by atoms with Crippen LogP contribution < -0.4 is 15.9 Å². The minimum absolute atomic E-state index is 0.378. The van der Waals surface area contributed by atoms with E-state index in [1.807, 2.05) is 30.3 Å². The van der Waals surface area contributed by atoms with E-state index in [0.717, 1.165) is 41.8 Å². The topological polar surface area (TPSA) is 70.1 Å². The Balaban J connectivity index is 1.66. The Labute approximate surface area is 194 Å². The third-order valence-corrected chi connectivity index (χ3v) is 7.35. The molecule has 0 bridgehead atoms. The molecule has 32 heavy (non-hydrogen) atoms. The molecule has 3 aromatic rings. The van der Waals surface area contributed by atoms with Crippen LogP contribution >= 0.6 is 18.7 Å². The molecule has 0 fully saturated rings. The second-order valence-corrected chi connectivity index (χ2v) is 12.0. The first-order chi connectivity index (χ1) is 15.2. The van der Waals surface area contributed by atoms with Crippen LogP contribution in [0.3, 0.4) is 0 Å². The zero-order valence-corrected chi connectivity index (χ0v) is 20.2. The fraction of sp³-hybridized carbons (Fsp3) is 0.250. The summed E-state index contributed by atoms with van der Waals surface area (Å²) in [5, 5.41) is 7.68. The second kappa shape index (κ2) is 9.07. The van der Waals surface area contributed by atoms with Crippen molar-refractivity contribution in [2.75, 3.05) is 37.6 Å². The standard InChI is InChI=1S/C24H27ClN5OP/c1-5-16-12-17-10-11-30(2)15-18(17)13-21(16)28-24-26-14-19(25)23(29-24)27-20-8-6-7-9-22(20)32(3,4)31/h5-9,12-14H,1,10-11,15H2,2-4H3,(H2,26,27,28,29). The van der Waals surface area contributed by atoms with Gasteiger partial charge in [0.15, 0.2) is 5.82 Å². The van der Waals surface area contributed by atoms with Gasteiger partial charge < -0.3 is 20.1 Å². The molecule has 0 radical (unpaired) electrons. The summed E-state index contributed by atoms with van der Waals surface area (Å²) in [5.74, 6) is 0.862. The fourth-order valence-electron chi connectivity index (χ4n) is 3.86. The zero-order chi connectivity index (χ0) is 22.9. The number of aromatic nitrogens is 2. The number of fused-ring (bicyclic) bond motifs is 1. The van der Waals surface area contributed by atoms with E-state index in [2.05, 4.69) is 51.3 Å². The zero-order valence-electron chi connectivity index (χ0n) is 18.5.